The average Bonchev–Trinajstić information content (AvgIpc) is 3.29. The first-order valence-corrected chi connectivity index (χ1v) is 8.91. The van der Waals surface area contributed by atoms with E-state index in [0.29, 0.717) is 12.2 Å². The number of anilines is 1. The van der Waals surface area contributed by atoms with E-state index in [0.717, 1.165) is 35.7 Å². The van der Waals surface area contributed by atoms with Crippen LogP contribution in [-0.4, -0.2) is 52.4 Å². The highest BCUT2D eigenvalue weighted by atomic mass is 16.2. The van der Waals surface area contributed by atoms with Gasteiger partial charge in [-0.3, -0.25) is 4.79 Å². The molecule has 134 valence electrons. The van der Waals surface area contributed by atoms with Crippen molar-refractivity contribution in [3.8, 4) is 0 Å². The predicted molar refractivity (Wildman–Crippen MR) is 102 cm³/mol. The van der Waals surface area contributed by atoms with Crippen molar-refractivity contribution >= 4 is 17.2 Å². The molecule has 6 nitrogen and oxygen atoms in total. The van der Waals surface area contributed by atoms with Crippen LogP contribution in [0.2, 0.25) is 0 Å². The minimum atomic E-state index is 0.00563. The summed E-state index contributed by atoms with van der Waals surface area (Å²) in [6.45, 7) is 3.32. The number of carbonyl (C=O) groups excluding carboxylic acids is 1. The monoisotopic (exact) mass is 349 g/mol. The smallest absolute Gasteiger partial charge is 0.272 e. The molecule has 0 bridgehead atoms. The fraction of sp³-hybridized carbons (Fsp3) is 0.350. The first-order chi connectivity index (χ1) is 12.5. The number of hydrogen-bond acceptors (Lipinski definition) is 4. The number of likely N-dealkylation sites (tertiary alicyclic amines) is 1. The van der Waals surface area contributed by atoms with Gasteiger partial charge in [0, 0.05) is 51.2 Å². The lowest BCUT2D eigenvalue weighted by Crippen LogP contribution is -2.29. The van der Waals surface area contributed by atoms with Crippen molar-refractivity contribution in [1.82, 2.24) is 19.3 Å². The second-order valence-electron chi connectivity index (χ2n) is 7.09. The number of carbonyl (C=O) groups is 1. The molecule has 1 amide bonds. The third-order valence-electron chi connectivity index (χ3n) is 4.94. The molecule has 0 aromatic carbocycles. The third kappa shape index (κ3) is 2.92. The number of rotatable bonds is 3. The molecule has 26 heavy (non-hydrogen) atoms. The largest absolute Gasteiger partial charge is 0.361 e. The molecule has 1 aliphatic heterocycles. The van der Waals surface area contributed by atoms with Crippen LogP contribution in [0, 0.1) is 6.92 Å². The van der Waals surface area contributed by atoms with Gasteiger partial charge in [0.25, 0.3) is 5.91 Å². The van der Waals surface area contributed by atoms with Crippen LogP contribution in [0.1, 0.15) is 34.2 Å². The van der Waals surface area contributed by atoms with Crippen molar-refractivity contribution in [2.45, 2.75) is 19.3 Å². The van der Waals surface area contributed by atoms with E-state index in [2.05, 4.69) is 21.6 Å². The number of hydrogen-bond donors (Lipinski definition) is 0. The molecule has 4 heterocycles. The van der Waals surface area contributed by atoms with Crippen molar-refractivity contribution in [2.24, 2.45) is 0 Å². The molecule has 1 saturated heterocycles. The Morgan fingerprint density at radius 1 is 1.19 bits per heavy atom. The van der Waals surface area contributed by atoms with E-state index in [1.165, 1.54) is 0 Å². The summed E-state index contributed by atoms with van der Waals surface area (Å²) in [6, 6.07) is 9.68. The van der Waals surface area contributed by atoms with E-state index in [-0.39, 0.29) is 11.8 Å². The molecule has 1 aliphatic rings. The van der Waals surface area contributed by atoms with Gasteiger partial charge in [0.1, 0.15) is 5.69 Å². The van der Waals surface area contributed by atoms with E-state index in [9.17, 15) is 4.79 Å². The molecular weight excluding hydrogens is 326 g/mol. The van der Waals surface area contributed by atoms with Gasteiger partial charge in [0.15, 0.2) is 5.82 Å². The van der Waals surface area contributed by atoms with Crippen molar-refractivity contribution in [1.29, 1.82) is 0 Å². The number of nitrogens with zero attached hydrogens (tertiary/aromatic N) is 5. The molecule has 0 aliphatic carbocycles. The fourth-order valence-corrected chi connectivity index (χ4v) is 3.58. The highest BCUT2D eigenvalue weighted by Crippen LogP contribution is 2.29. The van der Waals surface area contributed by atoms with Gasteiger partial charge < -0.3 is 14.2 Å². The van der Waals surface area contributed by atoms with Crippen molar-refractivity contribution in [3.05, 3.63) is 59.8 Å². The van der Waals surface area contributed by atoms with Crippen LogP contribution in [0.3, 0.4) is 0 Å². The van der Waals surface area contributed by atoms with Crippen molar-refractivity contribution < 1.29 is 4.79 Å². The zero-order valence-electron chi connectivity index (χ0n) is 15.4. The maximum Gasteiger partial charge on any atom is 0.272 e. The van der Waals surface area contributed by atoms with E-state index >= 15 is 0 Å². The topological polar surface area (TPSA) is 53.7 Å². The van der Waals surface area contributed by atoms with Crippen LogP contribution in [0.4, 0.5) is 5.82 Å². The lowest BCUT2D eigenvalue weighted by Gasteiger charge is -2.19. The Kier molecular flexibility index (Phi) is 4.11. The van der Waals surface area contributed by atoms with Gasteiger partial charge in [-0.15, -0.1) is 0 Å². The van der Waals surface area contributed by atoms with Gasteiger partial charge in [0.2, 0.25) is 0 Å². The van der Waals surface area contributed by atoms with E-state index < -0.39 is 0 Å². The summed E-state index contributed by atoms with van der Waals surface area (Å²) in [5.74, 6) is 1.21. The summed E-state index contributed by atoms with van der Waals surface area (Å²) in [5, 5.41) is 0. The summed E-state index contributed by atoms with van der Waals surface area (Å²) in [5.41, 5.74) is 3.51. The number of pyridine rings is 1. The molecule has 3 aromatic heterocycles. The number of fused-ring (bicyclic) bond motifs is 1. The quantitative estimate of drug-likeness (QED) is 0.730. The summed E-state index contributed by atoms with van der Waals surface area (Å²) in [4.78, 5) is 25.9. The van der Waals surface area contributed by atoms with Crippen LogP contribution >= 0.6 is 0 Å². The van der Waals surface area contributed by atoms with Crippen molar-refractivity contribution in [3.63, 3.8) is 0 Å². The van der Waals surface area contributed by atoms with Crippen LogP contribution < -0.4 is 4.90 Å². The Bertz CT molecular complexity index is 962. The Morgan fingerprint density at radius 2 is 2.04 bits per heavy atom. The lowest BCUT2D eigenvalue weighted by atomic mass is 10.1. The molecule has 6 heteroatoms. The molecule has 0 N–H and O–H groups in total. The first-order valence-electron chi connectivity index (χ1n) is 8.91. The highest BCUT2D eigenvalue weighted by molar-refractivity contribution is 5.92. The van der Waals surface area contributed by atoms with Crippen LogP contribution in [0.5, 0.6) is 0 Å². The van der Waals surface area contributed by atoms with Gasteiger partial charge >= 0.3 is 0 Å². The summed E-state index contributed by atoms with van der Waals surface area (Å²) < 4.78 is 2.12. The maximum absolute atomic E-state index is 12.8. The van der Waals surface area contributed by atoms with Crippen LogP contribution in [0.15, 0.2) is 42.7 Å². The summed E-state index contributed by atoms with van der Waals surface area (Å²) in [7, 11) is 4.01. The molecule has 3 aromatic rings. The minimum Gasteiger partial charge on any atom is -0.361 e. The lowest BCUT2D eigenvalue weighted by molar-refractivity contribution is 0.0784. The Labute approximate surface area is 153 Å². The first kappa shape index (κ1) is 16.6. The highest BCUT2D eigenvalue weighted by Gasteiger charge is 2.30. The standard InChI is InChI=1S/C20H23N5O/c1-14-6-4-7-16(21-14)20(26)25-11-9-15(12-25)17-13-24-10-5-8-18(24)19(22-17)23(2)3/h4-8,10,13,15H,9,11-12H2,1-3H3. The second-order valence-corrected chi connectivity index (χ2v) is 7.09. The minimum absolute atomic E-state index is 0.00563. The van der Waals surface area contributed by atoms with Gasteiger partial charge in [-0.25, -0.2) is 9.97 Å². The predicted octanol–water partition coefficient (Wildman–Crippen LogP) is 2.73. The number of aryl methyl sites for hydroxylation is 1. The molecular formula is C20H23N5O. The van der Waals surface area contributed by atoms with Gasteiger partial charge in [-0.05, 0) is 37.6 Å². The SMILES string of the molecule is Cc1cccc(C(=O)N2CCC(c3cn4cccc4c(N(C)C)n3)C2)n1. The maximum atomic E-state index is 12.8. The Balaban J connectivity index is 1.59. The van der Waals surface area contributed by atoms with Gasteiger partial charge in [-0.2, -0.15) is 0 Å². The normalized spacial score (nSPS) is 17.0. The van der Waals surface area contributed by atoms with E-state index in [1.54, 1.807) is 6.07 Å². The van der Waals surface area contributed by atoms with E-state index in [4.69, 9.17) is 4.98 Å². The third-order valence-corrected chi connectivity index (χ3v) is 4.94. The number of aromatic nitrogens is 3. The zero-order chi connectivity index (χ0) is 18.3. The molecule has 1 atom stereocenters. The van der Waals surface area contributed by atoms with Crippen LogP contribution in [-0.2, 0) is 0 Å². The molecule has 0 spiro atoms. The molecule has 0 saturated carbocycles. The molecule has 0 radical (unpaired) electrons. The van der Waals surface area contributed by atoms with Gasteiger partial charge in [0.05, 0.1) is 11.2 Å². The molecule has 4 rings (SSSR count). The second kappa shape index (κ2) is 6.44. The van der Waals surface area contributed by atoms with Crippen molar-refractivity contribution in [2.75, 3.05) is 32.1 Å². The summed E-state index contributed by atoms with van der Waals surface area (Å²) >= 11 is 0. The van der Waals surface area contributed by atoms with E-state index in [1.807, 2.05) is 55.2 Å². The van der Waals surface area contributed by atoms with Crippen LogP contribution in [0.25, 0.3) is 5.52 Å². The fourth-order valence-electron chi connectivity index (χ4n) is 3.58. The molecule has 1 unspecified atom stereocenters. The summed E-state index contributed by atoms with van der Waals surface area (Å²) in [6.07, 6.45) is 5.05. The van der Waals surface area contributed by atoms with Gasteiger partial charge in [-0.1, -0.05) is 6.07 Å². The zero-order valence-corrected chi connectivity index (χ0v) is 15.4. The Morgan fingerprint density at radius 3 is 2.81 bits per heavy atom. The Hall–Kier alpha value is -2.89. The number of amides is 1. The average molecular weight is 349 g/mol. The molecule has 1 fully saturated rings.